The second-order valence-electron chi connectivity index (χ2n) is 7.35. The molecule has 0 aliphatic rings. The molecule has 132 valence electrons. The molecular formula is C20H25N3O2. The zero-order valence-electron chi connectivity index (χ0n) is 14.9. The minimum atomic E-state index is -0.545. The molecule has 5 nitrogen and oxygen atoms in total. The van der Waals surface area contributed by atoms with Gasteiger partial charge in [0.2, 0.25) is 0 Å². The summed E-state index contributed by atoms with van der Waals surface area (Å²) in [6.45, 7) is 7.06. The molecule has 0 amide bonds. The summed E-state index contributed by atoms with van der Waals surface area (Å²) in [7, 11) is 0. The largest absolute Gasteiger partial charge is 0.390 e. The van der Waals surface area contributed by atoms with Gasteiger partial charge in [0.1, 0.15) is 0 Å². The average Bonchev–Trinajstić information content (AvgIpc) is 2.59. The van der Waals surface area contributed by atoms with Crippen LogP contribution in [0, 0.1) is 0 Å². The van der Waals surface area contributed by atoms with E-state index >= 15 is 0 Å². The summed E-state index contributed by atoms with van der Waals surface area (Å²) >= 11 is 0. The van der Waals surface area contributed by atoms with Crippen LogP contribution in [0.2, 0.25) is 0 Å². The first-order valence-corrected chi connectivity index (χ1v) is 8.56. The summed E-state index contributed by atoms with van der Waals surface area (Å²) in [5.74, 6) is 0. The maximum Gasteiger partial charge on any atom is 0.197 e. The molecule has 1 unspecified atom stereocenters. The molecule has 3 aromatic rings. The van der Waals surface area contributed by atoms with Gasteiger partial charge in [-0.1, -0.05) is 24.3 Å². The molecule has 1 heterocycles. The van der Waals surface area contributed by atoms with E-state index in [4.69, 9.17) is 0 Å². The molecule has 0 saturated heterocycles. The Labute approximate surface area is 147 Å². The molecule has 3 N–H and O–H groups in total. The molecule has 0 bridgehead atoms. The van der Waals surface area contributed by atoms with Gasteiger partial charge in [-0.25, -0.2) is 0 Å². The van der Waals surface area contributed by atoms with E-state index in [-0.39, 0.29) is 11.0 Å². The number of para-hydroxylation sites is 2. The normalized spacial score (nSPS) is 13.3. The second kappa shape index (κ2) is 6.86. The molecule has 3 rings (SSSR count). The van der Waals surface area contributed by atoms with Crippen LogP contribution in [-0.2, 0) is 0 Å². The van der Waals surface area contributed by atoms with Crippen LogP contribution in [0.15, 0.2) is 53.3 Å². The Kier molecular flexibility index (Phi) is 4.79. The van der Waals surface area contributed by atoms with Crippen molar-refractivity contribution in [1.82, 2.24) is 9.99 Å². The van der Waals surface area contributed by atoms with Crippen molar-refractivity contribution in [2.75, 3.05) is 18.5 Å². The number of benzene rings is 2. The van der Waals surface area contributed by atoms with Crippen LogP contribution in [0.3, 0.4) is 0 Å². The van der Waals surface area contributed by atoms with E-state index in [2.05, 4.69) is 31.5 Å². The molecule has 5 heteroatoms. The Morgan fingerprint density at radius 2 is 1.48 bits per heavy atom. The average molecular weight is 339 g/mol. The fourth-order valence-corrected chi connectivity index (χ4v) is 2.86. The topological polar surface area (TPSA) is 66.3 Å². The molecule has 0 spiro atoms. The monoisotopic (exact) mass is 339 g/mol. The Morgan fingerprint density at radius 3 is 2.00 bits per heavy atom. The maximum absolute atomic E-state index is 12.7. The van der Waals surface area contributed by atoms with Gasteiger partial charge in [0.05, 0.1) is 23.7 Å². The summed E-state index contributed by atoms with van der Waals surface area (Å²) in [6.07, 6.45) is -0.545. The van der Waals surface area contributed by atoms with Gasteiger partial charge in [-0.05, 0) is 45.0 Å². The smallest absolute Gasteiger partial charge is 0.197 e. The standard InChI is InChI=1S/C20H25N3O2/c1-20(2,3)21-12-14(24)13-22-23-17-10-6-4-8-15(17)19(25)16-9-5-7-11-18(16)23/h4-11,14,21-22,24H,12-13H2,1-3H3. The molecule has 0 aliphatic carbocycles. The molecule has 0 fully saturated rings. The third kappa shape index (κ3) is 3.83. The van der Waals surface area contributed by atoms with Crippen molar-refractivity contribution in [2.45, 2.75) is 32.4 Å². The minimum Gasteiger partial charge on any atom is -0.390 e. The van der Waals surface area contributed by atoms with Crippen molar-refractivity contribution in [3.8, 4) is 0 Å². The van der Waals surface area contributed by atoms with Gasteiger partial charge in [-0.2, -0.15) is 0 Å². The Hall–Kier alpha value is -2.37. The lowest BCUT2D eigenvalue weighted by Gasteiger charge is -2.24. The number of hydrogen-bond donors (Lipinski definition) is 3. The van der Waals surface area contributed by atoms with Crippen LogP contribution in [-0.4, -0.2) is 34.5 Å². The molecule has 1 aromatic heterocycles. The predicted octanol–water partition coefficient (Wildman–Crippen LogP) is 2.45. The lowest BCUT2D eigenvalue weighted by Crippen LogP contribution is -2.43. The van der Waals surface area contributed by atoms with Crippen LogP contribution < -0.4 is 16.2 Å². The Balaban J connectivity index is 1.94. The number of pyridine rings is 1. The first-order valence-electron chi connectivity index (χ1n) is 8.56. The van der Waals surface area contributed by atoms with E-state index in [1.165, 1.54) is 0 Å². The van der Waals surface area contributed by atoms with Gasteiger partial charge in [0.25, 0.3) is 0 Å². The molecule has 1 atom stereocenters. The Morgan fingerprint density at radius 1 is 0.960 bits per heavy atom. The van der Waals surface area contributed by atoms with Gasteiger partial charge < -0.3 is 15.8 Å². The Bertz CT molecular complexity index is 881. The van der Waals surface area contributed by atoms with Crippen LogP contribution in [0.25, 0.3) is 21.8 Å². The van der Waals surface area contributed by atoms with Crippen molar-refractivity contribution in [2.24, 2.45) is 0 Å². The molecule has 0 radical (unpaired) electrons. The van der Waals surface area contributed by atoms with Crippen molar-refractivity contribution < 1.29 is 5.11 Å². The van der Waals surface area contributed by atoms with Crippen LogP contribution in [0.1, 0.15) is 20.8 Å². The molecule has 0 saturated carbocycles. The van der Waals surface area contributed by atoms with Crippen LogP contribution >= 0.6 is 0 Å². The van der Waals surface area contributed by atoms with Gasteiger partial charge in [0, 0.05) is 22.9 Å². The zero-order valence-corrected chi connectivity index (χ0v) is 14.9. The highest BCUT2D eigenvalue weighted by Gasteiger charge is 2.14. The van der Waals surface area contributed by atoms with Gasteiger partial charge in [-0.3, -0.25) is 9.47 Å². The number of nitrogens with one attached hydrogen (secondary N) is 2. The summed E-state index contributed by atoms with van der Waals surface area (Å²) in [5.41, 5.74) is 4.88. The van der Waals surface area contributed by atoms with Crippen molar-refractivity contribution in [1.29, 1.82) is 0 Å². The number of aliphatic hydroxyl groups excluding tert-OH is 1. The number of hydrogen-bond acceptors (Lipinski definition) is 4. The van der Waals surface area contributed by atoms with Gasteiger partial charge in [-0.15, -0.1) is 0 Å². The highest BCUT2D eigenvalue weighted by Crippen LogP contribution is 2.17. The number of fused-ring (bicyclic) bond motifs is 2. The summed E-state index contributed by atoms with van der Waals surface area (Å²) in [4.78, 5) is 12.7. The molecule has 0 aliphatic heterocycles. The number of β-amino-alcohol motifs (C(OH)–C–C–N with tert-alkyl or cyclic N) is 1. The van der Waals surface area contributed by atoms with E-state index in [1.807, 2.05) is 53.2 Å². The number of rotatable bonds is 5. The lowest BCUT2D eigenvalue weighted by molar-refractivity contribution is 0.170. The molecule has 2 aromatic carbocycles. The first-order chi connectivity index (χ1) is 11.9. The first kappa shape index (κ1) is 17.5. The fraction of sp³-hybridized carbons (Fsp3) is 0.350. The van der Waals surface area contributed by atoms with E-state index in [0.29, 0.717) is 23.9 Å². The summed E-state index contributed by atoms with van der Waals surface area (Å²) in [6, 6.07) is 15.0. The number of aliphatic hydroxyl groups is 1. The SMILES string of the molecule is CC(C)(C)NCC(O)CNn1c2ccccc2c(=O)c2ccccc21. The quantitative estimate of drug-likeness (QED) is 0.625. The minimum absolute atomic E-state index is 0.0270. The highest BCUT2D eigenvalue weighted by atomic mass is 16.3. The van der Waals surface area contributed by atoms with E-state index < -0.39 is 6.10 Å². The van der Waals surface area contributed by atoms with E-state index in [0.717, 1.165) is 11.0 Å². The zero-order chi connectivity index (χ0) is 18.0. The third-order valence-electron chi connectivity index (χ3n) is 4.13. The van der Waals surface area contributed by atoms with E-state index in [1.54, 1.807) is 0 Å². The second-order valence-corrected chi connectivity index (χ2v) is 7.35. The van der Waals surface area contributed by atoms with Crippen molar-refractivity contribution in [3.63, 3.8) is 0 Å². The van der Waals surface area contributed by atoms with Crippen molar-refractivity contribution in [3.05, 3.63) is 58.8 Å². The van der Waals surface area contributed by atoms with Gasteiger partial charge in [0.15, 0.2) is 5.43 Å². The maximum atomic E-state index is 12.7. The van der Waals surface area contributed by atoms with Crippen molar-refractivity contribution >= 4 is 21.8 Å². The number of nitrogens with zero attached hydrogens (tertiary/aromatic N) is 1. The van der Waals surface area contributed by atoms with Gasteiger partial charge >= 0.3 is 0 Å². The summed E-state index contributed by atoms with van der Waals surface area (Å²) in [5, 5.41) is 14.9. The highest BCUT2D eigenvalue weighted by molar-refractivity contribution is 5.93. The number of aromatic nitrogens is 1. The summed E-state index contributed by atoms with van der Waals surface area (Å²) < 4.78 is 1.90. The van der Waals surface area contributed by atoms with Crippen LogP contribution in [0.5, 0.6) is 0 Å². The molecular weight excluding hydrogens is 314 g/mol. The van der Waals surface area contributed by atoms with E-state index in [9.17, 15) is 9.90 Å². The van der Waals surface area contributed by atoms with Crippen LogP contribution in [0.4, 0.5) is 0 Å². The fourth-order valence-electron chi connectivity index (χ4n) is 2.86. The third-order valence-corrected chi connectivity index (χ3v) is 4.13. The predicted molar refractivity (Wildman–Crippen MR) is 104 cm³/mol. The molecule has 25 heavy (non-hydrogen) atoms. The lowest BCUT2D eigenvalue weighted by atomic mass is 10.1.